The predicted octanol–water partition coefficient (Wildman–Crippen LogP) is 2.25. The van der Waals surface area contributed by atoms with Crippen molar-refractivity contribution in [2.24, 2.45) is 0 Å². The minimum Gasteiger partial charge on any atom is -0.477 e. The third kappa shape index (κ3) is 3.32. The first-order valence-corrected chi connectivity index (χ1v) is 7.63. The molecule has 0 aliphatic carbocycles. The van der Waals surface area contributed by atoms with Gasteiger partial charge in [-0.15, -0.1) is 0 Å². The Labute approximate surface area is 146 Å². The Morgan fingerprint density at radius 2 is 1.96 bits per heavy atom. The topological polar surface area (TPSA) is 71.5 Å². The van der Waals surface area contributed by atoms with E-state index in [4.69, 9.17) is 4.74 Å². The minimum atomic E-state index is -4.59. The number of carbonyl (C=O) groups excluding carboxylic acids is 2. The number of halogens is 3. The molecule has 1 unspecified atom stereocenters. The number of amides is 2. The first-order valence-electron chi connectivity index (χ1n) is 7.63. The molecule has 0 fully saturated rings. The number of anilines is 1. The van der Waals surface area contributed by atoms with E-state index in [0.29, 0.717) is 11.4 Å². The van der Waals surface area contributed by atoms with Crippen LogP contribution >= 0.6 is 0 Å². The molecule has 136 valence electrons. The summed E-state index contributed by atoms with van der Waals surface area (Å²) in [4.78, 5) is 29.3. The van der Waals surface area contributed by atoms with Crippen LogP contribution in [0.15, 0.2) is 42.6 Å². The van der Waals surface area contributed by atoms with Gasteiger partial charge in [0.2, 0.25) is 0 Å². The van der Waals surface area contributed by atoms with Gasteiger partial charge in [0.15, 0.2) is 6.10 Å². The lowest BCUT2D eigenvalue weighted by Crippen LogP contribution is -2.50. The van der Waals surface area contributed by atoms with E-state index in [-0.39, 0.29) is 12.1 Å². The van der Waals surface area contributed by atoms with E-state index >= 15 is 0 Å². The quantitative estimate of drug-likeness (QED) is 0.886. The molecular weight excluding hydrogens is 351 g/mol. The van der Waals surface area contributed by atoms with Crippen LogP contribution in [0.5, 0.6) is 5.75 Å². The fraction of sp³-hybridized carbons (Fsp3) is 0.235. The Morgan fingerprint density at radius 1 is 1.23 bits per heavy atom. The van der Waals surface area contributed by atoms with E-state index in [1.165, 1.54) is 11.9 Å². The number of fused-ring (bicyclic) bond motifs is 1. The van der Waals surface area contributed by atoms with Crippen molar-refractivity contribution in [3.8, 4) is 5.75 Å². The average molecular weight is 365 g/mol. The van der Waals surface area contributed by atoms with Crippen LogP contribution in [0, 0.1) is 0 Å². The van der Waals surface area contributed by atoms with Crippen LogP contribution in [0.1, 0.15) is 16.1 Å². The van der Waals surface area contributed by atoms with Crippen molar-refractivity contribution >= 4 is 17.5 Å². The maximum atomic E-state index is 12.8. The highest BCUT2D eigenvalue weighted by molar-refractivity contribution is 6.07. The van der Waals surface area contributed by atoms with Crippen molar-refractivity contribution in [1.29, 1.82) is 0 Å². The molecule has 1 aromatic heterocycles. The monoisotopic (exact) mass is 365 g/mol. The van der Waals surface area contributed by atoms with Crippen LogP contribution in [-0.2, 0) is 11.0 Å². The number of hydrogen-bond donors (Lipinski definition) is 1. The lowest BCUT2D eigenvalue weighted by atomic mass is 10.1. The van der Waals surface area contributed by atoms with Gasteiger partial charge in [0.25, 0.3) is 11.8 Å². The standard InChI is InChI=1S/C17H14F3N3O3/c1-21-15(24)13-9-23(11-4-2-3-5-12(11)26-13)16(25)10-6-7-14(22-8-10)17(18,19)20/h2-8,13H,9H2,1H3,(H,21,24). The number of benzene rings is 1. The van der Waals surface area contributed by atoms with Crippen LogP contribution in [0.25, 0.3) is 0 Å². The fourth-order valence-electron chi connectivity index (χ4n) is 2.57. The number of pyridine rings is 1. The fourth-order valence-corrected chi connectivity index (χ4v) is 2.57. The molecule has 1 atom stereocenters. The number of aromatic nitrogens is 1. The van der Waals surface area contributed by atoms with Gasteiger partial charge in [-0.05, 0) is 24.3 Å². The van der Waals surface area contributed by atoms with Crippen molar-refractivity contribution in [2.45, 2.75) is 12.3 Å². The molecule has 6 nitrogen and oxygen atoms in total. The molecule has 0 spiro atoms. The number of para-hydroxylation sites is 2. The lowest BCUT2D eigenvalue weighted by Gasteiger charge is -2.34. The van der Waals surface area contributed by atoms with Crippen molar-refractivity contribution in [2.75, 3.05) is 18.5 Å². The van der Waals surface area contributed by atoms with Gasteiger partial charge in [-0.3, -0.25) is 14.6 Å². The van der Waals surface area contributed by atoms with E-state index in [9.17, 15) is 22.8 Å². The zero-order valence-electron chi connectivity index (χ0n) is 13.6. The van der Waals surface area contributed by atoms with E-state index < -0.39 is 29.8 Å². The Kier molecular flexibility index (Phi) is 4.54. The number of ether oxygens (including phenoxy) is 1. The Bertz CT molecular complexity index is 837. The van der Waals surface area contributed by atoms with Gasteiger partial charge in [0, 0.05) is 13.2 Å². The van der Waals surface area contributed by atoms with Crippen molar-refractivity contribution in [3.63, 3.8) is 0 Å². The van der Waals surface area contributed by atoms with Crippen LogP contribution in [0.3, 0.4) is 0 Å². The maximum Gasteiger partial charge on any atom is 0.433 e. The summed E-state index contributed by atoms with van der Waals surface area (Å²) >= 11 is 0. The molecule has 1 aliphatic rings. The number of likely N-dealkylation sites (N-methyl/N-ethyl adjacent to an activating group) is 1. The van der Waals surface area contributed by atoms with E-state index in [2.05, 4.69) is 10.3 Å². The normalized spacial score (nSPS) is 16.5. The van der Waals surface area contributed by atoms with Crippen molar-refractivity contribution in [3.05, 3.63) is 53.9 Å². The number of nitrogens with one attached hydrogen (secondary N) is 1. The highest BCUT2D eigenvalue weighted by Gasteiger charge is 2.35. The molecule has 0 saturated carbocycles. The molecule has 26 heavy (non-hydrogen) atoms. The number of carbonyl (C=O) groups is 2. The van der Waals surface area contributed by atoms with Crippen LogP contribution < -0.4 is 15.0 Å². The molecule has 1 N–H and O–H groups in total. The summed E-state index contributed by atoms with van der Waals surface area (Å²) in [7, 11) is 1.44. The average Bonchev–Trinajstić information content (AvgIpc) is 2.65. The highest BCUT2D eigenvalue weighted by Crippen LogP contribution is 2.34. The summed E-state index contributed by atoms with van der Waals surface area (Å²) in [5.74, 6) is -0.653. The van der Waals surface area contributed by atoms with Gasteiger partial charge < -0.3 is 15.0 Å². The van der Waals surface area contributed by atoms with Crippen LogP contribution in [-0.4, -0.2) is 36.5 Å². The van der Waals surface area contributed by atoms with Gasteiger partial charge in [-0.25, -0.2) is 0 Å². The smallest absolute Gasteiger partial charge is 0.433 e. The summed E-state index contributed by atoms with van der Waals surface area (Å²) in [6, 6.07) is 8.42. The third-order valence-corrected chi connectivity index (χ3v) is 3.86. The van der Waals surface area contributed by atoms with E-state index in [1.807, 2.05) is 0 Å². The van der Waals surface area contributed by atoms with Crippen molar-refractivity contribution in [1.82, 2.24) is 10.3 Å². The number of alkyl halides is 3. The molecule has 0 bridgehead atoms. The first-order chi connectivity index (χ1) is 12.3. The number of rotatable bonds is 2. The number of nitrogens with zero attached hydrogens (tertiary/aromatic N) is 2. The first kappa shape index (κ1) is 17.7. The molecule has 0 saturated heterocycles. The Morgan fingerprint density at radius 3 is 2.58 bits per heavy atom. The summed E-state index contributed by atoms with van der Waals surface area (Å²) in [5, 5.41) is 2.45. The van der Waals surface area contributed by atoms with Gasteiger partial charge in [0.1, 0.15) is 11.4 Å². The molecule has 0 radical (unpaired) electrons. The molecule has 1 aromatic carbocycles. The Balaban J connectivity index is 1.93. The second-order valence-electron chi connectivity index (χ2n) is 5.53. The molecule has 2 amide bonds. The van der Waals surface area contributed by atoms with Gasteiger partial charge in [-0.1, -0.05) is 12.1 Å². The summed E-state index contributed by atoms with van der Waals surface area (Å²) in [6.07, 6.45) is -4.64. The van der Waals surface area contributed by atoms with Gasteiger partial charge in [-0.2, -0.15) is 13.2 Å². The summed E-state index contributed by atoms with van der Waals surface area (Å²) in [6.45, 7) is -0.0729. The lowest BCUT2D eigenvalue weighted by molar-refractivity contribution is -0.141. The SMILES string of the molecule is CNC(=O)C1CN(C(=O)c2ccc(C(F)(F)F)nc2)c2ccccc2O1. The van der Waals surface area contributed by atoms with Crippen LogP contribution in [0.2, 0.25) is 0 Å². The summed E-state index contributed by atoms with van der Waals surface area (Å²) < 4.78 is 43.5. The molecule has 1 aliphatic heterocycles. The predicted molar refractivity (Wildman–Crippen MR) is 85.8 cm³/mol. The third-order valence-electron chi connectivity index (χ3n) is 3.86. The van der Waals surface area contributed by atoms with E-state index in [1.54, 1.807) is 24.3 Å². The maximum absolute atomic E-state index is 12.8. The molecule has 2 heterocycles. The van der Waals surface area contributed by atoms with Gasteiger partial charge in [0.05, 0.1) is 17.8 Å². The zero-order chi connectivity index (χ0) is 18.9. The minimum absolute atomic E-state index is 0.0228. The second-order valence-corrected chi connectivity index (χ2v) is 5.53. The second kappa shape index (κ2) is 6.66. The summed E-state index contributed by atoms with van der Waals surface area (Å²) in [5.41, 5.74) is -0.678. The molecule has 2 aromatic rings. The Hall–Kier alpha value is -3.10. The highest BCUT2D eigenvalue weighted by atomic mass is 19.4. The van der Waals surface area contributed by atoms with Crippen LogP contribution in [0.4, 0.5) is 18.9 Å². The van der Waals surface area contributed by atoms with Crippen molar-refractivity contribution < 1.29 is 27.5 Å². The number of hydrogen-bond acceptors (Lipinski definition) is 4. The zero-order valence-corrected chi connectivity index (χ0v) is 13.6. The molecule has 3 rings (SSSR count). The largest absolute Gasteiger partial charge is 0.477 e. The molecule has 9 heteroatoms. The molecular formula is C17H14F3N3O3. The van der Waals surface area contributed by atoms with Gasteiger partial charge >= 0.3 is 6.18 Å². The van der Waals surface area contributed by atoms with E-state index in [0.717, 1.165) is 18.3 Å².